The second kappa shape index (κ2) is 6.64. The van der Waals surface area contributed by atoms with Gasteiger partial charge in [-0.05, 0) is 61.9 Å². The lowest BCUT2D eigenvalue weighted by Crippen LogP contribution is -2.16. The molecule has 6 heteroatoms. The van der Waals surface area contributed by atoms with Gasteiger partial charge in [0.1, 0.15) is 5.69 Å². The quantitative estimate of drug-likeness (QED) is 0.603. The predicted octanol–water partition coefficient (Wildman–Crippen LogP) is 3.90. The molecule has 6 nitrogen and oxygen atoms in total. The summed E-state index contributed by atoms with van der Waals surface area (Å²) in [6.45, 7) is 3.93. The Morgan fingerprint density at radius 1 is 0.963 bits per heavy atom. The third kappa shape index (κ3) is 3.29. The van der Waals surface area contributed by atoms with Crippen LogP contribution in [0.3, 0.4) is 0 Å². The highest BCUT2D eigenvalue weighted by atomic mass is 16.2. The minimum atomic E-state index is -0.184. The number of hydrogen-bond donors (Lipinski definition) is 1. The fourth-order valence-electron chi connectivity index (χ4n) is 3.02. The summed E-state index contributed by atoms with van der Waals surface area (Å²) in [6.07, 6.45) is 1.60. The third-order valence-electron chi connectivity index (χ3n) is 4.51. The highest BCUT2D eigenvalue weighted by Gasteiger charge is 2.12. The Morgan fingerprint density at radius 2 is 1.74 bits per heavy atom. The lowest BCUT2D eigenvalue weighted by atomic mass is 10.1. The van der Waals surface area contributed by atoms with Crippen molar-refractivity contribution in [1.29, 1.82) is 0 Å². The Kier molecular flexibility index (Phi) is 4.16. The smallest absolute Gasteiger partial charge is 0.273 e. The average molecular weight is 357 g/mol. The molecule has 27 heavy (non-hydrogen) atoms. The lowest BCUT2D eigenvalue weighted by molar-refractivity contribution is 0.101. The molecule has 3 heterocycles. The molecule has 0 saturated carbocycles. The summed E-state index contributed by atoms with van der Waals surface area (Å²) in [5.41, 5.74) is 6.84. The summed E-state index contributed by atoms with van der Waals surface area (Å²) < 4.78 is 1.55. The van der Waals surface area contributed by atoms with Gasteiger partial charge < -0.3 is 5.32 Å². The number of nitrogens with zero attached hydrogens (tertiary/aromatic N) is 4. The van der Waals surface area contributed by atoms with Crippen LogP contribution >= 0.6 is 0 Å². The van der Waals surface area contributed by atoms with E-state index >= 15 is 0 Å². The molecule has 0 aliphatic rings. The lowest BCUT2D eigenvalue weighted by Gasteiger charge is -2.11. The Bertz CT molecular complexity index is 1160. The number of fused-ring (bicyclic) bond motifs is 1. The molecule has 1 amide bonds. The van der Waals surface area contributed by atoms with Crippen LogP contribution in [0, 0.1) is 13.8 Å². The van der Waals surface area contributed by atoms with Gasteiger partial charge in [0.25, 0.3) is 5.91 Å². The van der Waals surface area contributed by atoms with Crippen molar-refractivity contribution in [2.24, 2.45) is 7.05 Å². The van der Waals surface area contributed by atoms with Gasteiger partial charge in [-0.2, -0.15) is 5.10 Å². The highest BCUT2D eigenvalue weighted by Crippen LogP contribution is 2.25. The van der Waals surface area contributed by atoms with E-state index < -0.39 is 0 Å². The number of aryl methyl sites for hydroxylation is 3. The van der Waals surface area contributed by atoms with Crippen LogP contribution < -0.4 is 5.32 Å². The van der Waals surface area contributed by atoms with Crippen LogP contribution in [-0.4, -0.2) is 25.7 Å². The number of carbonyl (C=O) groups is 1. The normalized spacial score (nSPS) is 10.9. The van der Waals surface area contributed by atoms with Gasteiger partial charge in [-0.1, -0.05) is 6.07 Å². The SMILES string of the molecule is Cc1ccc2nc(-c3ccc(NC(=O)c4ccnn4C)c(C)c3)ccc2n1. The van der Waals surface area contributed by atoms with Crippen LogP contribution in [0.25, 0.3) is 22.3 Å². The first-order valence-electron chi connectivity index (χ1n) is 8.66. The van der Waals surface area contributed by atoms with Gasteiger partial charge >= 0.3 is 0 Å². The molecule has 3 aromatic heterocycles. The van der Waals surface area contributed by atoms with Gasteiger partial charge in [0, 0.05) is 30.2 Å². The molecule has 0 aliphatic carbocycles. The molecular weight excluding hydrogens is 338 g/mol. The van der Waals surface area contributed by atoms with Crippen molar-refractivity contribution in [3.05, 3.63) is 71.7 Å². The number of amides is 1. The van der Waals surface area contributed by atoms with Gasteiger partial charge in [0.05, 0.1) is 16.7 Å². The second-order valence-corrected chi connectivity index (χ2v) is 6.51. The fourth-order valence-corrected chi connectivity index (χ4v) is 3.02. The van der Waals surface area contributed by atoms with Gasteiger partial charge in [0.15, 0.2) is 0 Å². The summed E-state index contributed by atoms with van der Waals surface area (Å²) in [5.74, 6) is -0.184. The van der Waals surface area contributed by atoms with Crippen molar-refractivity contribution in [1.82, 2.24) is 19.7 Å². The van der Waals surface area contributed by atoms with Crippen molar-refractivity contribution < 1.29 is 4.79 Å². The summed E-state index contributed by atoms with van der Waals surface area (Å²) in [7, 11) is 1.74. The van der Waals surface area contributed by atoms with E-state index in [1.54, 1.807) is 24.0 Å². The molecule has 0 bridgehead atoms. The maximum atomic E-state index is 12.4. The number of carbonyl (C=O) groups excluding carboxylic acids is 1. The number of benzene rings is 1. The highest BCUT2D eigenvalue weighted by molar-refractivity contribution is 6.03. The van der Waals surface area contributed by atoms with Crippen molar-refractivity contribution >= 4 is 22.6 Å². The minimum absolute atomic E-state index is 0.184. The Hall–Kier alpha value is -3.54. The molecule has 0 radical (unpaired) electrons. The van der Waals surface area contributed by atoms with Gasteiger partial charge in [-0.25, -0.2) is 4.98 Å². The zero-order valence-corrected chi connectivity index (χ0v) is 15.4. The minimum Gasteiger partial charge on any atom is -0.320 e. The molecule has 0 fully saturated rings. The van der Waals surface area contributed by atoms with E-state index in [2.05, 4.69) is 15.4 Å². The van der Waals surface area contributed by atoms with Crippen molar-refractivity contribution in [2.75, 3.05) is 5.32 Å². The van der Waals surface area contributed by atoms with Gasteiger partial charge in [0.2, 0.25) is 0 Å². The number of aromatic nitrogens is 4. The molecule has 0 unspecified atom stereocenters. The van der Waals surface area contributed by atoms with Gasteiger partial charge in [-0.15, -0.1) is 0 Å². The van der Waals surface area contributed by atoms with E-state index in [-0.39, 0.29) is 5.91 Å². The zero-order valence-electron chi connectivity index (χ0n) is 15.4. The van der Waals surface area contributed by atoms with Crippen molar-refractivity contribution in [3.63, 3.8) is 0 Å². The van der Waals surface area contributed by atoms with Crippen LogP contribution in [0.4, 0.5) is 5.69 Å². The van der Waals surface area contributed by atoms with Crippen LogP contribution in [-0.2, 0) is 7.05 Å². The molecule has 0 aliphatic heterocycles. The topological polar surface area (TPSA) is 72.7 Å². The van der Waals surface area contributed by atoms with Crippen LogP contribution in [0.2, 0.25) is 0 Å². The Morgan fingerprint density at radius 3 is 2.48 bits per heavy atom. The molecule has 0 atom stereocenters. The summed E-state index contributed by atoms with van der Waals surface area (Å²) in [6, 6.07) is 15.5. The number of pyridine rings is 2. The third-order valence-corrected chi connectivity index (χ3v) is 4.51. The molecule has 1 N–H and O–H groups in total. The number of hydrogen-bond acceptors (Lipinski definition) is 4. The van der Waals surface area contributed by atoms with E-state index in [1.807, 2.05) is 56.3 Å². The van der Waals surface area contributed by atoms with E-state index in [9.17, 15) is 4.79 Å². The number of nitrogens with one attached hydrogen (secondary N) is 1. The molecule has 4 rings (SSSR count). The summed E-state index contributed by atoms with van der Waals surface area (Å²) >= 11 is 0. The first-order valence-corrected chi connectivity index (χ1v) is 8.66. The Balaban J connectivity index is 1.62. The fraction of sp³-hybridized carbons (Fsp3) is 0.143. The van der Waals surface area contributed by atoms with Crippen molar-refractivity contribution in [3.8, 4) is 11.3 Å². The molecular formula is C21H19N5O. The monoisotopic (exact) mass is 357 g/mol. The predicted molar refractivity (Wildman–Crippen MR) is 106 cm³/mol. The average Bonchev–Trinajstić information content (AvgIpc) is 3.09. The first-order chi connectivity index (χ1) is 13.0. The Labute approximate surface area is 156 Å². The van der Waals surface area contributed by atoms with Crippen LogP contribution in [0.1, 0.15) is 21.7 Å². The first kappa shape index (κ1) is 16.9. The largest absolute Gasteiger partial charge is 0.320 e. The maximum Gasteiger partial charge on any atom is 0.273 e. The maximum absolute atomic E-state index is 12.4. The van der Waals surface area contributed by atoms with E-state index in [0.717, 1.165) is 39.2 Å². The molecule has 0 saturated heterocycles. The molecule has 4 aromatic rings. The number of rotatable bonds is 3. The summed E-state index contributed by atoms with van der Waals surface area (Å²) in [4.78, 5) is 21.6. The standard InChI is InChI=1S/C21H19N5O/c1-13-12-15(17-8-9-18-19(24-17)6-4-14(2)23-18)5-7-16(13)25-21(27)20-10-11-22-26(20)3/h4-12H,1-3H3,(H,25,27). The van der Waals surface area contributed by atoms with Crippen molar-refractivity contribution in [2.45, 2.75) is 13.8 Å². The van der Waals surface area contributed by atoms with E-state index in [1.165, 1.54) is 0 Å². The van der Waals surface area contributed by atoms with Crippen LogP contribution in [0.15, 0.2) is 54.7 Å². The van der Waals surface area contributed by atoms with Crippen LogP contribution in [0.5, 0.6) is 0 Å². The number of anilines is 1. The molecule has 134 valence electrons. The molecule has 1 aromatic carbocycles. The summed E-state index contributed by atoms with van der Waals surface area (Å²) in [5, 5.41) is 6.97. The second-order valence-electron chi connectivity index (χ2n) is 6.51. The zero-order chi connectivity index (χ0) is 19.0. The molecule has 0 spiro atoms. The van der Waals surface area contributed by atoms with E-state index in [0.29, 0.717) is 5.69 Å². The van der Waals surface area contributed by atoms with E-state index in [4.69, 9.17) is 4.98 Å². The van der Waals surface area contributed by atoms with Gasteiger partial charge in [-0.3, -0.25) is 14.5 Å².